The molecular weight excluding hydrogens is 555 g/mol. The molecule has 10 nitrogen and oxygen atoms in total. The second-order valence-electron chi connectivity index (χ2n) is 9.21. The van der Waals surface area contributed by atoms with E-state index < -0.39 is 4.92 Å². The predicted molar refractivity (Wildman–Crippen MR) is 162 cm³/mol. The van der Waals surface area contributed by atoms with Crippen LogP contribution >= 0.6 is 24.8 Å². The van der Waals surface area contributed by atoms with Crippen LogP contribution in [0.1, 0.15) is 11.1 Å². The summed E-state index contributed by atoms with van der Waals surface area (Å²) in [5, 5.41) is 20.8. The average molecular weight is 585 g/mol. The van der Waals surface area contributed by atoms with Gasteiger partial charge < -0.3 is 20.9 Å². The Bertz CT molecular complexity index is 1410. The Hall–Kier alpha value is -3.96. The van der Waals surface area contributed by atoms with Crippen molar-refractivity contribution in [2.24, 2.45) is 0 Å². The number of likely N-dealkylation sites (N-methyl/N-ethyl adjacent to an activating group) is 1. The molecule has 0 atom stereocenters. The van der Waals surface area contributed by atoms with Gasteiger partial charge in [-0.2, -0.15) is 0 Å². The lowest BCUT2D eigenvalue weighted by molar-refractivity contribution is -0.384. The fourth-order valence-corrected chi connectivity index (χ4v) is 4.62. The van der Waals surface area contributed by atoms with Crippen molar-refractivity contribution >= 4 is 70.6 Å². The van der Waals surface area contributed by atoms with Crippen molar-refractivity contribution in [2.75, 3.05) is 55.3 Å². The van der Waals surface area contributed by atoms with Crippen molar-refractivity contribution in [3.8, 4) is 0 Å². The number of non-ortho nitro benzene ring substituents is 1. The summed E-state index contributed by atoms with van der Waals surface area (Å²) in [7, 11) is 1.76. The molecule has 2 aliphatic rings. The lowest BCUT2D eigenvalue weighted by atomic mass is 9.99. The first-order valence-electron chi connectivity index (χ1n) is 12.4. The molecule has 0 bridgehead atoms. The SMILES string of the molecule is CN(C(=O)CN1CCNCC1)c1ccc(NC(=C2C(=O)Nc3ccc([N+](=O)[O-])cc32)c2ccccc2)cc1.Cl.Cl. The summed E-state index contributed by atoms with van der Waals surface area (Å²) in [6, 6.07) is 21.0. The number of piperazine rings is 1. The van der Waals surface area contributed by atoms with E-state index in [1.165, 1.54) is 12.1 Å². The molecule has 0 saturated carbocycles. The number of nitrogens with zero attached hydrogens (tertiary/aromatic N) is 3. The highest BCUT2D eigenvalue weighted by atomic mass is 35.5. The van der Waals surface area contributed by atoms with E-state index in [1.807, 2.05) is 54.6 Å². The molecule has 3 aromatic carbocycles. The monoisotopic (exact) mass is 584 g/mol. The van der Waals surface area contributed by atoms with Gasteiger partial charge >= 0.3 is 0 Å². The normalized spacial score (nSPS) is 15.6. The highest BCUT2D eigenvalue weighted by molar-refractivity contribution is 6.37. The van der Waals surface area contributed by atoms with Crippen molar-refractivity contribution in [1.82, 2.24) is 10.2 Å². The number of hydrogen-bond acceptors (Lipinski definition) is 7. The standard InChI is InChI=1S/C28H28N6O4.2ClH/c1-32(25(35)18-33-15-13-29-14-16-33)21-9-7-20(8-10-21)30-27(19-5-3-2-4-6-19)26-23-17-22(34(37)38)11-12-24(23)31-28(26)36;;/h2-12,17,29-30H,13-16,18H2,1H3,(H,31,36);2*1H. The Morgan fingerprint density at radius 1 is 1.02 bits per heavy atom. The minimum absolute atomic E-state index is 0. The van der Waals surface area contributed by atoms with Crippen LogP contribution in [0.5, 0.6) is 0 Å². The molecule has 12 heteroatoms. The highest BCUT2D eigenvalue weighted by Gasteiger charge is 2.30. The first kappa shape index (κ1) is 30.6. The number of amides is 2. The maximum absolute atomic E-state index is 13.1. The Kier molecular flexibility index (Phi) is 10.2. The van der Waals surface area contributed by atoms with Gasteiger partial charge in [-0.3, -0.25) is 24.6 Å². The van der Waals surface area contributed by atoms with E-state index in [2.05, 4.69) is 20.9 Å². The van der Waals surface area contributed by atoms with Crippen LogP contribution in [0, 0.1) is 10.1 Å². The predicted octanol–water partition coefficient (Wildman–Crippen LogP) is 4.24. The van der Waals surface area contributed by atoms with Crippen molar-refractivity contribution < 1.29 is 14.5 Å². The van der Waals surface area contributed by atoms with Crippen LogP contribution in [0.2, 0.25) is 0 Å². The molecule has 40 heavy (non-hydrogen) atoms. The molecule has 210 valence electrons. The number of benzene rings is 3. The number of hydrogen-bond donors (Lipinski definition) is 3. The lowest BCUT2D eigenvalue weighted by Crippen LogP contribution is -2.47. The molecule has 3 aromatic rings. The molecular formula is C28H30Cl2N6O4. The molecule has 0 aliphatic carbocycles. The van der Waals surface area contributed by atoms with Crippen LogP contribution in [-0.4, -0.2) is 61.4 Å². The van der Waals surface area contributed by atoms with Gasteiger partial charge in [-0.25, -0.2) is 0 Å². The fraction of sp³-hybridized carbons (Fsp3) is 0.214. The van der Waals surface area contributed by atoms with Crippen LogP contribution < -0.4 is 20.9 Å². The molecule has 0 spiro atoms. The summed E-state index contributed by atoms with van der Waals surface area (Å²) in [5.41, 5.74) is 3.95. The Morgan fingerprint density at radius 3 is 2.35 bits per heavy atom. The maximum Gasteiger partial charge on any atom is 0.270 e. The fourth-order valence-electron chi connectivity index (χ4n) is 4.62. The zero-order valence-electron chi connectivity index (χ0n) is 21.8. The number of nitro groups is 1. The zero-order valence-corrected chi connectivity index (χ0v) is 23.4. The minimum Gasteiger partial charge on any atom is -0.354 e. The van der Waals surface area contributed by atoms with Gasteiger partial charge in [0.2, 0.25) is 5.91 Å². The first-order valence-corrected chi connectivity index (χ1v) is 12.4. The molecule has 1 saturated heterocycles. The molecule has 3 N–H and O–H groups in total. The molecule has 2 aliphatic heterocycles. The van der Waals surface area contributed by atoms with Crippen molar-refractivity contribution in [1.29, 1.82) is 0 Å². The Morgan fingerprint density at radius 2 is 1.70 bits per heavy atom. The van der Waals surface area contributed by atoms with Crippen LogP contribution in [0.15, 0.2) is 72.8 Å². The third kappa shape index (κ3) is 6.60. The molecule has 5 rings (SSSR count). The third-order valence-electron chi connectivity index (χ3n) is 6.74. The van der Waals surface area contributed by atoms with Crippen molar-refractivity contribution in [3.05, 3.63) is 94.0 Å². The number of fused-ring (bicyclic) bond motifs is 1. The molecule has 2 heterocycles. The number of nitrogens with one attached hydrogen (secondary N) is 3. The van der Waals surface area contributed by atoms with E-state index in [-0.39, 0.29) is 42.3 Å². The van der Waals surface area contributed by atoms with E-state index in [1.54, 1.807) is 18.0 Å². The second kappa shape index (κ2) is 13.4. The highest BCUT2D eigenvalue weighted by Crippen LogP contribution is 2.39. The lowest BCUT2D eigenvalue weighted by Gasteiger charge is -2.28. The summed E-state index contributed by atoms with van der Waals surface area (Å²) < 4.78 is 0. The van der Waals surface area contributed by atoms with Gasteiger partial charge in [0, 0.05) is 68.0 Å². The van der Waals surface area contributed by atoms with E-state index in [4.69, 9.17) is 0 Å². The largest absolute Gasteiger partial charge is 0.354 e. The van der Waals surface area contributed by atoms with Crippen LogP contribution in [0.4, 0.5) is 22.7 Å². The van der Waals surface area contributed by atoms with Gasteiger partial charge in [0.25, 0.3) is 11.6 Å². The van der Waals surface area contributed by atoms with Gasteiger partial charge in [-0.15, -0.1) is 24.8 Å². The van der Waals surface area contributed by atoms with Gasteiger partial charge in [0.1, 0.15) is 0 Å². The van der Waals surface area contributed by atoms with Crippen LogP contribution in [0.3, 0.4) is 0 Å². The van der Waals surface area contributed by atoms with E-state index in [9.17, 15) is 19.7 Å². The summed E-state index contributed by atoms with van der Waals surface area (Å²) in [4.78, 5) is 40.6. The van der Waals surface area contributed by atoms with Crippen molar-refractivity contribution in [3.63, 3.8) is 0 Å². The van der Waals surface area contributed by atoms with Gasteiger partial charge in [0.05, 0.1) is 22.7 Å². The van der Waals surface area contributed by atoms with E-state index >= 15 is 0 Å². The van der Waals surface area contributed by atoms with Crippen LogP contribution in [-0.2, 0) is 9.59 Å². The smallest absolute Gasteiger partial charge is 0.270 e. The minimum atomic E-state index is -0.477. The number of rotatable bonds is 7. The molecule has 0 unspecified atom stereocenters. The number of halogens is 2. The summed E-state index contributed by atoms with van der Waals surface area (Å²) in [6.45, 7) is 3.82. The summed E-state index contributed by atoms with van der Waals surface area (Å²) >= 11 is 0. The quantitative estimate of drug-likeness (QED) is 0.216. The number of anilines is 3. The molecule has 1 fully saturated rings. The molecule has 0 radical (unpaired) electrons. The molecule has 0 aromatic heterocycles. The average Bonchev–Trinajstić information content (AvgIpc) is 3.27. The van der Waals surface area contributed by atoms with Crippen molar-refractivity contribution in [2.45, 2.75) is 0 Å². The first-order chi connectivity index (χ1) is 18.4. The maximum atomic E-state index is 13.1. The summed E-state index contributed by atoms with van der Waals surface area (Å²) in [5.74, 6) is -0.331. The second-order valence-corrected chi connectivity index (χ2v) is 9.21. The third-order valence-corrected chi connectivity index (χ3v) is 6.74. The molecule has 2 amide bonds. The van der Waals surface area contributed by atoms with Gasteiger partial charge in [-0.05, 0) is 35.9 Å². The Labute approximate surface area is 244 Å². The Balaban J connectivity index is 0.00000220. The number of nitro benzene ring substituents is 1. The van der Waals surface area contributed by atoms with E-state index in [0.29, 0.717) is 34.8 Å². The van der Waals surface area contributed by atoms with Gasteiger partial charge in [0.15, 0.2) is 0 Å². The summed E-state index contributed by atoms with van der Waals surface area (Å²) in [6.07, 6.45) is 0. The van der Waals surface area contributed by atoms with E-state index in [0.717, 1.165) is 37.4 Å². The van der Waals surface area contributed by atoms with Gasteiger partial charge in [-0.1, -0.05) is 30.3 Å². The number of carbonyl (C=O) groups excluding carboxylic acids is 2. The topological polar surface area (TPSA) is 120 Å². The zero-order chi connectivity index (χ0) is 26.6. The van der Waals surface area contributed by atoms with Crippen LogP contribution in [0.25, 0.3) is 11.3 Å². The number of carbonyl (C=O) groups is 2.